The van der Waals surface area contributed by atoms with E-state index in [4.69, 9.17) is 0 Å². The molecule has 0 saturated heterocycles. The Hall–Kier alpha value is -0.0400. The fourth-order valence-corrected chi connectivity index (χ4v) is 2.22. The fourth-order valence-electron chi connectivity index (χ4n) is 2.22. The Bertz CT molecular complexity index is 131. The molecule has 1 aliphatic rings. The van der Waals surface area contributed by atoms with Crippen molar-refractivity contribution in [3.63, 3.8) is 0 Å². The number of hydrogen-bond donors (Lipinski definition) is 1. The summed E-state index contributed by atoms with van der Waals surface area (Å²) < 4.78 is 0. The Balaban J connectivity index is 2.02. The molecule has 78 valence electrons. The van der Waals surface area contributed by atoms with Crippen LogP contribution in [0.1, 0.15) is 46.5 Å². The van der Waals surface area contributed by atoms with Crippen LogP contribution in [0.2, 0.25) is 0 Å². The zero-order valence-electron chi connectivity index (χ0n) is 9.47. The molecule has 1 aliphatic carbocycles. The summed E-state index contributed by atoms with van der Waals surface area (Å²) in [5.74, 6) is 2.84. The van der Waals surface area contributed by atoms with Crippen LogP contribution in [0.4, 0.5) is 0 Å². The third-order valence-electron chi connectivity index (χ3n) is 3.19. The van der Waals surface area contributed by atoms with Crippen LogP contribution in [0, 0.1) is 17.8 Å². The maximum absolute atomic E-state index is 3.58. The van der Waals surface area contributed by atoms with Crippen molar-refractivity contribution in [3.05, 3.63) is 0 Å². The summed E-state index contributed by atoms with van der Waals surface area (Å²) in [7, 11) is 0. The lowest BCUT2D eigenvalue weighted by atomic mass is 9.71. The van der Waals surface area contributed by atoms with E-state index in [1.165, 1.54) is 38.8 Å². The van der Waals surface area contributed by atoms with Gasteiger partial charge in [-0.05, 0) is 43.7 Å². The molecule has 1 heteroatoms. The first-order chi connectivity index (χ1) is 6.24. The van der Waals surface area contributed by atoms with Gasteiger partial charge in [0.05, 0.1) is 0 Å². The number of rotatable bonds is 6. The Kier molecular flexibility index (Phi) is 4.79. The minimum atomic E-state index is 0.796. The molecule has 1 fully saturated rings. The van der Waals surface area contributed by atoms with Crippen molar-refractivity contribution in [2.75, 3.05) is 13.1 Å². The minimum Gasteiger partial charge on any atom is -0.316 e. The molecular weight excluding hydrogens is 158 g/mol. The molecule has 2 unspecified atom stereocenters. The van der Waals surface area contributed by atoms with Gasteiger partial charge >= 0.3 is 0 Å². The van der Waals surface area contributed by atoms with E-state index in [2.05, 4.69) is 26.1 Å². The molecule has 13 heavy (non-hydrogen) atoms. The van der Waals surface area contributed by atoms with Crippen LogP contribution in [0.3, 0.4) is 0 Å². The average Bonchev–Trinajstić information content (AvgIpc) is 2.06. The molecular formula is C12H25N. The van der Waals surface area contributed by atoms with E-state index < -0.39 is 0 Å². The van der Waals surface area contributed by atoms with Gasteiger partial charge in [-0.2, -0.15) is 0 Å². The lowest BCUT2D eigenvalue weighted by molar-refractivity contribution is 0.158. The van der Waals surface area contributed by atoms with Crippen molar-refractivity contribution in [2.24, 2.45) is 17.8 Å². The second-order valence-corrected chi connectivity index (χ2v) is 4.94. The van der Waals surface area contributed by atoms with E-state index in [-0.39, 0.29) is 0 Å². The normalized spacial score (nSPS) is 27.7. The summed E-state index contributed by atoms with van der Waals surface area (Å²) in [4.78, 5) is 0. The highest BCUT2D eigenvalue weighted by molar-refractivity contribution is 4.81. The van der Waals surface area contributed by atoms with Crippen LogP contribution in [0.25, 0.3) is 0 Å². The zero-order chi connectivity index (χ0) is 9.68. The van der Waals surface area contributed by atoms with Crippen molar-refractivity contribution in [3.8, 4) is 0 Å². The molecule has 0 aliphatic heterocycles. The first kappa shape index (κ1) is 11.0. The van der Waals surface area contributed by atoms with Crippen molar-refractivity contribution in [2.45, 2.75) is 46.5 Å². The molecule has 0 radical (unpaired) electrons. The van der Waals surface area contributed by atoms with Crippen molar-refractivity contribution >= 4 is 0 Å². The van der Waals surface area contributed by atoms with E-state index >= 15 is 0 Å². The molecule has 0 heterocycles. The topological polar surface area (TPSA) is 12.0 Å². The van der Waals surface area contributed by atoms with Gasteiger partial charge in [-0.25, -0.2) is 0 Å². The van der Waals surface area contributed by atoms with Gasteiger partial charge in [0.15, 0.2) is 0 Å². The summed E-state index contributed by atoms with van der Waals surface area (Å²) in [6.07, 6.45) is 5.77. The molecule has 0 aromatic carbocycles. The van der Waals surface area contributed by atoms with Gasteiger partial charge in [0.1, 0.15) is 0 Å². The molecule has 0 spiro atoms. The Labute approximate surface area is 83.3 Å². The third kappa shape index (κ3) is 3.68. The molecule has 0 bridgehead atoms. The highest BCUT2D eigenvalue weighted by Gasteiger charge is 2.28. The number of nitrogens with one attached hydrogen (secondary N) is 1. The Morgan fingerprint density at radius 2 is 1.92 bits per heavy atom. The Morgan fingerprint density at radius 1 is 1.23 bits per heavy atom. The molecule has 2 atom stereocenters. The Morgan fingerprint density at radius 3 is 2.38 bits per heavy atom. The summed E-state index contributed by atoms with van der Waals surface area (Å²) >= 11 is 0. The van der Waals surface area contributed by atoms with Crippen LogP contribution in [-0.2, 0) is 0 Å². The van der Waals surface area contributed by atoms with Crippen molar-refractivity contribution in [1.29, 1.82) is 0 Å². The zero-order valence-corrected chi connectivity index (χ0v) is 9.47. The quantitative estimate of drug-likeness (QED) is 0.667. The average molecular weight is 183 g/mol. The highest BCUT2D eigenvalue weighted by atomic mass is 14.9. The molecule has 0 amide bonds. The van der Waals surface area contributed by atoms with Gasteiger partial charge in [0.25, 0.3) is 0 Å². The lowest BCUT2D eigenvalue weighted by Crippen LogP contribution is -2.36. The van der Waals surface area contributed by atoms with Gasteiger partial charge in [-0.15, -0.1) is 0 Å². The van der Waals surface area contributed by atoms with Gasteiger partial charge < -0.3 is 5.32 Å². The van der Waals surface area contributed by atoms with E-state index in [1.54, 1.807) is 0 Å². The summed E-state index contributed by atoms with van der Waals surface area (Å²) in [6.45, 7) is 9.31. The van der Waals surface area contributed by atoms with Crippen LogP contribution in [0.15, 0.2) is 0 Å². The van der Waals surface area contributed by atoms with Gasteiger partial charge in [-0.3, -0.25) is 0 Å². The molecule has 0 aromatic rings. The molecule has 1 saturated carbocycles. The first-order valence-corrected chi connectivity index (χ1v) is 5.94. The van der Waals surface area contributed by atoms with E-state index in [9.17, 15) is 0 Å². The van der Waals surface area contributed by atoms with Crippen LogP contribution in [-0.4, -0.2) is 13.1 Å². The second-order valence-electron chi connectivity index (χ2n) is 4.94. The largest absolute Gasteiger partial charge is 0.316 e. The standard InChI is InChI=1S/C12H25N/c1-4-5-11-6-7-12(11)9-13-8-10(2)3/h10-13H,4-9H2,1-3H3. The lowest BCUT2D eigenvalue weighted by Gasteiger charge is -2.37. The monoisotopic (exact) mass is 183 g/mol. The van der Waals surface area contributed by atoms with Crippen molar-refractivity contribution < 1.29 is 0 Å². The van der Waals surface area contributed by atoms with E-state index in [0.717, 1.165) is 17.8 Å². The van der Waals surface area contributed by atoms with E-state index in [0.29, 0.717) is 0 Å². The first-order valence-electron chi connectivity index (χ1n) is 5.94. The highest BCUT2D eigenvalue weighted by Crippen LogP contribution is 2.36. The second kappa shape index (κ2) is 5.64. The number of hydrogen-bond acceptors (Lipinski definition) is 1. The molecule has 0 aromatic heterocycles. The minimum absolute atomic E-state index is 0.796. The van der Waals surface area contributed by atoms with Gasteiger partial charge in [0.2, 0.25) is 0 Å². The smallest absolute Gasteiger partial charge is 0.00178 e. The van der Waals surface area contributed by atoms with E-state index in [1.807, 2.05) is 0 Å². The van der Waals surface area contributed by atoms with Gasteiger partial charge in [-0.1, -0.05) is 33.6 Å². The predicted molar refractivity (Wildman–Crippen MR) is 58.8 cm³/mol. The molecule has 1 N–H and O–H groups in total. The fraction of sp³-hybridized carbons (Fsp3) is 1.00. The third-order valence-corrected chi connectivity index (χ3v) is 3.19. The van der Waals surface area contributed by atoms with Gasteiger partial charge in [0, 0.05) is 0 Å². The van der Waals surface area contributed by atoms with Crippen molar-refractivity contribution in [1.82, 2.24) is 5.32 Å². The summed E-state index contributed by atoms with van der Waals surface area (Å²) in [6, 6.07) is 0. The summed E-state index contributed by atoms with van der Waals surface area (Å²) in [5, 5.41) is 3.58. The SMILES string of the molecule is CCCC1CCC1CNCC(C)C. The van der Waals surface area contributed by atoms with Crippen LogP contribution in [0.5, 0.6) is 0 Å². The maximum atomic E-state index is 3.58. The van der Waals surface area contributed by atoms with Crippen LogP contribution < -0.4 is 5.32 Å². The molecule has 1 rings (SSSR count). The molecule has 1 nitrogen and oxygen atoms in total. The maximum Gasteiger partial charge on any atom is -0.00178 e. The predicted octanol–water partition coefficient (Wildman–Crippen LogP) is 3.06. The van der Waals surface area contributed by atoms with Crippen LogP contribution >= 0.6 is 0 Å². The summed E-state index contributed by atoms with van der Waals surface area (Å²) in [5.41, 5.74) is 0.